The van der Waals surface area contributed by atoms with Gasteiger partial charge in [-0.2, -0.15) is 0 Å². The van der Waals surface area contributed by atoms with E-state index in [9.17, 15) is 18.0 Å². The van der Waals surface area contributed by atoms with E-state index in [0.29, 0.717) is 11.6 Å². The molecule has 192 valence electrons. The quantitative estimate of drug-likeness (QED) is 0.427. The van der Waals surface area contributed by atoms with Crippen LogP contribution in [0.25, 0.3) is 0 Å². The maximum absolute atomic E-state index is 13.6. The molecule has 0 aliphatic heterocycles. The minimum atomic E-state index is -3.89. The van der Waals surface area contributed by atoms with E-state index < -0.39 is 28.5 Å². The van der Waals surface area contributed by atoms with Crippen molar-refractivity contribution in [1.82, 2.24) is 10.2 Å². The molecule has 0 aliphatic carbocycles. The van der Waals surface area contributed by atoms with Crippen LogP contribution in [0.1, 0.15) is 37.8 Å². The van der Waals surface area contributed by atoms with Crippen molar-refractivity contribution >= 4 is 39.1 Å². The number of aryl methyl sites for hydroxylation is 1. The number of nitrogens with one attached hydrogen (secondary N) is 1. The number of unbranched alkanes of at least 4 members (excludes halogenated alkanes) is 1. The standard InChI is InChI=1S/C25H34ClN3O5S/c1-6-7-13-27-25(31)19(3)28(16-20-10-8-9-18(2)14-20)24(30)17-29(35(5,32)33)22-15-21(26)11-12-23(22)34-4/h8-12,14-15,19H,6-7,13,16-17H2,1-5H3,(H,27,31)/t19-/m1/s1. The Hall–Kier alpha value is -2.78. The van der Waals surface area contributed by atoms with E-state index in [1.54, 1.807) is 13.0 Å². The zero-order valence-corrected chi connectivity index (χ0v) is 22.4. The molecule has 2 rings (SSSR count). The van der Waals surface area contributed by atoms with Crippen LogP contribution in [0, 0.1) is 6.92 Å². The first-order valence-corrected chi connectivity index (χ1v) is 13.6. The number of carbonyl (C=O) groups excluding carboxylic acids is 2. The lowest BCUT2D eigenvalue weighted by molar-refractivity contribution is -0.139. The van der Waals surface area contributed by atoms with Gasteiger partial charge in [0.15, 0.2) is 0 Å². The number of anilines is 1. The maximum atomic E-state index is 13.6. The molecule has 0 saturated heterocycles. The van der Waals surface area contributed by atoms with Crippen molar-refractivity contribution in [3.8, 4) is 5.75 Å². The van der Waals surface area contributed by atoms with Gasteiger partial charge in [-0.25, -0.2) is 8.42 Å². The Labute approximate surface area is 213 Å². The van der Waals surface area contributed by atoms with Crippen molar-refractivity contribution in [2.24, 2.45) is 0 Å². The molecule has 0 heterocycles. The molecular formula is C25H34ClN3O5S. The number of sulfonamides is 1. The SMILES string of the molecule is CCCCNC(=O)[C@@H](C)N(Cc1cccc(C)c1)C(=O)CN(c1cc(Cl)ccc1OC)S(C)(=O)=O. The second kappa shape index (κ2) is 12.8. The van der Waals surface area contributed by atoms with Gasteiger partial charge in [-0.05, 0) is 44.0 Å². The average molecular weight is 524 g/mol. The first kappa shape index (κ1) is 28.5. The third kappa shape index (κ3) is 8.14. The Bertz CT molecular complexity index is 1140. The summed E-state index contributed by atoms with van der Waals surface area (Å²) in [6.07, 6.45) is 2.75. The van der Waals surface area contributed by atoms with Crippen LogP contribution in [0.2, 0.25) is 5.02 Å². The molecular weight excluding hydrogens is 490 g/mol. The van der Waals surface area contributed by atoms with E-state index in [4.69, 9.17) is 16.3 Å². The molecule has 0 spiro atoms. The van der Waals surface area contributed by atoms with Crippen LogP contribution in [0.15, 0.2) is 42.5 Å². The second-order valence-electron chi connectivity index (χ2n) is 8.42. The summed E-state index contributed by atoms with van der Waals surface area (Å²) >= 11 is 6.12. The van der Waals surface area contributed by atoms with Crippen LogP contribution >= 0.6 is 11.6 Å². The van der Waals surface area contributed by atoms with Crippen molar-refractivity contribution in [1.29, 1.82) is 0 Å². The van der Waals surface area contributed by atoms with Crippen LogP contribution < -0.4 is 14.4 Å². The summed E-state index contributed by atoms with van der Waals surface area (Å²) in [6, 6.07) is 11.3. The number of amides is 2. The van der Waals surface area contributed by atoms with Gasteiger partial charge in [0.1, 0.15) is 18.3 Å². The minimum absolute atomic E-state index is 0.145. The van der Waals surface area contributed by atoms with Crippen LogP contribution in [-0.4, -0.2) is 57.6 Å². The van der Waals surface area contributed by atoms with Gasteiger partial charge in [0.2, 0.25) is 21.8 Å². The van der Waals surface area contributed by atoms with Gasteiger partial charge in [0.05, 0.1) is 19.1 Å². The van der Waals surface area contributed by atoms with Crippen LogP contribution in [0.4, 0.5) is 5.69 Å². The molecule has 2 amide bonds. The van der Waals surface area contributed by atoms with E-state index in [1.165, 1.54) is 24.1 Å². The summed E-state index contributed by atoms with van der Waals surface area (Å²) in [4.78, 5) is 27.8. The molecule has 0 unspecified atom stereocenters. The number of ether oxygens (including phenoxy) is 1. The van der Waals surface area contributed by atoms with E-state index in [1.807, 2.05) is 38.1 Å². The lowest BCUT2D eigenvalue weighted by Gasteiger charge is -2.32. The van der Waals surface area contributed by atoms with Crippen LogP contribution in [0.3, 0.4) is 0 Å². The van der Waals surface area contributed by atoms with E-state index in [-0.39, 0.29) is 23.9 Å². The molecule has 10 heteroatoms. The molecule has 1 atom stereocenters. The topological polar surface area (TPSA) is 96.0 Å². The predicted octanol–water partition coefficient (Wildman–Crippen LogP) is 3.76. The zero-order chi connectivity index (χ0) is 26.2. The van der Waals surface area contributed by atoms with Crippen LogP contribution in [0.5, 0.6) is 5.75 Å². The van der Waals surface area contributed by atoms with Gasteiger partial charge in [-0.1, -0.05) is 54.8 Å². The van der Waals surface area contributed by atoms with Gasteiger partial charge >= 0.3 is 0 Å². The first-order chi connectivity index (χ1) is 16.5. The molecule has 0 saturated carbocycles. The molecule has 8 nitrogen and oxygen atoms in total. The lowest BCUT2D eigenvalue weighted by Crippen LogP contribution is -2.51. The van der Waals surface area contributed by atoms with Crippen molar-refractivity contribution in [3.63, 3.8) is 0 Å². The molecule has 0 bridgehead atoms. The van der Waals surface area contributed by atoms with Crippen molar-refractivity contribution in [2.75, 3.05) is 30.8 Å². The van der Waals surface area contributed by atoms with Crippen LogP contribution in [-0.2, 0) is 26.2 Å². The Balaban J connectivity index is 2.42. The summed E-state index contributed by atoms with van der Waals surface area (Å²) in [7, 11) is -2.49. The molecule has 2 aromatic rings. The van der Waals surface area contributed by atoms with Gasteiger partial charge in [0, 0.05) is 18.1 Å². The van der Waals surface area contributed by atoms with Crippen molar-refractivity contribution < 1.29 is 22.7 Å². The normalized spacial score (nSPS) is 12.1. The average Bonchev–Trinajstić information content (AvgIpc) is 2.79. The van der Waals surface area contributed by atoms with Crippen molar-refractivity contribution in [2.45, 2.75) is 46.2 Å². The molecule has 35 heavy (non-hydrogen) atoms. The molecule has 0 radical (unpaired) electrons. The van der Waals surface area contributed by atoms with Gasteiger partial charge < -0.3 is 15.0 Å². The number of benzene rings is 2. The summed E-state index contributed by atoms with van der Waals surface area (Å²) in [5.41, 5.74) is 1.99. The second-order valence-corrected chi connectivity index (χ2v) is 10.8. The highest BCUT2D eigenvalue weighted by molar-refractivity contribution is 7.92. The number of hydrogen-bond acceptors (Lipinski definition) is 5. The fourth-order valence-electron chi connectivity index (χ4n) is 3.58. The van der Waals surface area contributed by atoms with E-state index in [2.05, 4.69) is 5.32 Å². The largest absolute Gasteiger partial charge is 0.495 e. The number of methoxy groups -OCH3 is 1. The number of hydrogen-bond donors (Lipinski definition) is 1. The molecule has 0 aliphatic rings. The fourth-order valence-corrected chi connectivity index (χ4v) is 4.59. The molecule has 2 aromatic carbocycles. The zero-order valence-electron chi connectivity index (χ0n) is 20.9. The monoisotopic (exact) mass is 523 g/mol. The highest BCUT2D eigenvalue weighted by Crippen LogP contribution is 2.33. The summed E-state index contributed by atoms with van der Waals surface area (Å²) in [6.45, 7) is 5.72. The molecule has 0 fully saturated rings. The Kier molecular flexibility index (Phi) is 10.4. The van der Waals surface area contributed by atoms with Gasteiger partial charge in [-0.15, -0.1) is 0 Å². The fraction of sp³-hybridized carbons (Fsp3) is 0.440. The highest BCUT2D eigenvalue weighted by atomic mass is 35.5. The Morgan fingerprint density at radius 2 is 1.89 bits per heavy atom. The third-order valence-corrected chi connectivity index (χ3v) is 6.88. The van der Waals surface area contributed by atoms with E-state index in [0.717, 1.165) is 34.5 Å². The Morgan fingerprint density at radius 3 is 2.49 bits per heavy atom. The lowest BCUT2D eigenvalue weighted by atomic mass is 10.1. The summed E-state index contributed by atoms with van der Waals surface area (Å²) < 4.78 is 31.7. The molecule has 0 aromatic heterocycles. The maximum Gasteiger partial charge on any atom is 0.244 e. The number of carbonyl (C=O) groups is 2. The number of halogens is 1. The van der Waals surface area contributed by atoms with Gasteiger partial charge in [-0.3, -0.25) is 13.9 Å². The van der Waals surface area contributed by atoms with Crippen molar-refractivity contribution in [3.05, 3.63) is 58.6 Å². The summed E-state index contributed by atoms with van der Waals surface area (Å²) in [5, 5.41) is 3.15. The minimum Gasteiger partial charge on any atom is -0.495 e. The Morgan fingerprint density at radius 1 is 1.17 bits per heavy atom. The number of nitrogens with zero attached hydrogens (tertiary/aromatic N) is 2. The molecule has 1 N–H and O–H groups in total. The van der Waals surface area contributed by atoms with E-state index >= 15 is 0 Å². The first-order valence-electron chi connectivity index (χ1n) is 11.4. The summed E-state index contributed by atoms with van der Waals surface area (Å²) in [5.74, 6) is -0.578. The smallest absolute Gasteiger partial charge is 0.244 e. The number of rotatable bonds is 12. The third-order valence-electron chi connectivity index (χ3n) is 5.52. The highest BCUT2D eigenvalue weighted by Gasteiger charge is 2.31. The predicted molar refractivity (Wildman–Crippen MR) is 139 cm³/mol. The van der Waals surface area contributed by atoms with Gasteiger partial charge in [0.25, 0.3) is 0 Å².